The van der Waals surface area contributed by atoms with Crippen LogP contribution >= 0.6 is 12.4 Å². The largest absolute Gasteiger partial charge is 0.356 e. The average molecular weight is 361 g/mol. The summed E-state index contributed by atoms with van der Waals surface area (Å²) in [5.41, 5.74) is 3.77. The van der Waals surface area contributed by atoms with Crippen LogP contribution in [0, 0.1) is 11.8 Å². The van der Waals surface area contributed by atoms with Crippen LogP contribution < -0.4 is 0 Å². The molecule has 2 aliphatic heterocycles. The summed E-state index contributed by atoms with van der Waals surface area (Å²) in [6.07, 6.45) is 5.48. The van der Waals surface area contributed by atoms with E-state index in [4.69, 9.17) is 0 Å². The lowest BCUT2D eigenvalue weighted by Gasteiger charge is -2.51. The van der Waals surface area contributed by atoms with E-state index in [9.17, 15) is 4.79 Å². The lowest BCUT2D eigenvalue weighted by Crippen LogP contribution is -2.58. The molecule has 136 valence electrons. The molecule has 4 heteroatoms. The fraction of sp³-hybridized carbons (Fsp3) is 0.571. The predicted molar refractivity (Wildman–Crippen MR) is 105 cm³/mol. The zero-order valence-corrected chi connectivity index (χ0v) is 16.3. The van der Waals surface area contributed by atoms with Gasteiger partial charge in [0.05, 0.1) is 5.54 Å². The van der Waals surface area contributed by atoms with Crippen LogP contribution in [0.3, 0.4) is 0 Å². The highest BCUT2D eigenvalue weighted by Crippen LogP contribution is 2.49. The molecule has 1 aromatic heterocycles. The van der Waals surface area contributed by atoms with Gasteiger partial charge in [0.1, 0.15) is 0 Å². The van der Waals surface area contributed by atoms with E-state index in [1.807, 2.05) is 0 Å². The Hall–Kier alpha value is -1.48. The molecule has 1 N–H and O–H groups in total. The van der Waals surface area contributed by atoms with Crippen LogP contribution in [0.2, 0.25) is 0 Å². The topological polar surface area (TPSA) is 36.1 Å². The molecule has 0 saturated carbocycles. The first-order valence-electron chi connectivity index (χ1n) is 9.49. The zero-order valence-electron chi connectivity index (χ0n) is 15.5. The number of piperidine rings is 1. The molecule has 3 nitrogen and oxygen atoms in total. The molecule has 1 fully saturated rings. The zero-order chi connectivity index (χ0) is 16.9. The number of halogens is 1. The Labute approximate surface area is 156 Å². The highest BCUT2D eigenvalue weighted by Gasteiger charge is 2.51. The molecule has 1 aromatic carbocycles. The number of H-pyrrole nitrogens is 1. The van der Waals surface area contributed by atoms with Gasteiger partial charge in [0.25, 0.3) is 0 Å². The molecular weight excluding hydrogens is 332 g/mol. The van der Waals surface area contributed by atoms with E-state index in [0.29, 0.717) is 11.8 Å². The number of benzene rings is 1. The van der Waals surface area contributed by atoms with Crippen molar-refractivity contribution in [2.24, 2.45) is 11.8 Å². The smallest absolute Gasteiger partial charge is 0.226 e. The molecule has 0 aliphatic carbocycles. The monoisotopic (exact) mass is 360 g/mol. The second kappa shape index (κ2) is 6.68. The van der Waals surface area contributed by atoms with Crippen molar-refractivity contribution in [2.45, 2.75) is 58.4 Å². The molecular formula is C21H29ClN2O. The Balaban J connectivity index is 0.00000182. The molecule has 1 saturated heterocycles. The fourth-order valence-corrected chi connectivity index (χ4v) is 5.21. The molecule has 3 heterocycles. The lowest BCUT2D eigenvalue weighted by molar-refractivity contribution is -0.152. The minimum absolute atomic E-state index is 0. The molecule has 25 heavy (non-hydrogen) atoms. The summed E-state index contributed by atoms with van der Waals surface area (Å²) in [7, 11) is 0. The maximum atomic E-state index is 13.0. The van der Waals surface area contributed by atoms with Crippen LogP contribution in [-0.2, 0) is 16.8 Å². The lowest BCUT2D eigenvalue weighted by atomic mass is 9.70. The van der Waals surface area contributed by atoms with E-state index >= 15 is 0 Å². The minimum atomic E-state index is -0.190. The molecule has 2 unspecified atom stereocenters. The van der Waals surface area contributed by atoms with Crippen molar-refractivity contribution in [2.75, 3.05) is 6.54 Å². The third-order valence-electron chi connectivity index (χ3n) is 6.45. The van der Waals surface area contributed by atoms with Crippen molar-refractivity contribution < 1.29 is 4.79 Å². The van der Waals surface area contributed by atoms with Crippen LogP contribution in [0.5, 0.6) is 0 Å². The number of aromatic amines is 1. The number of amides is 1. The number of carbonyl (C=O) groups is 1. The molecule has 2 aromatic rings. The van der Waals surface area contributed by atoms with Crippen LogP contribution in [0.15, 0.2) is 24.3 Å². The van der Waals surface area contributed by atoms with Crippen molar-refractivity contribution in [3.8, 4) is 0 Å². The van der Waals surface area contributed by atoms with Gasteiger partial charge >= 0.3 is 0 Å². The maximum absolute atomic E-state index is 13.0. The van der Waals surface area contributed by atoms with Gasteiger partial charge in [-0.25, -0.2) is 0 Å². The fourth-order valence-electron chi connectivity index (χ4n) is 5.21. The highest BCUT2D eigenvalue weighted by molar-refractivity contribution is 5.87. The highest BCUT2D eigenvalue weighted by atomic mass is 35.5. The number of hydrogen-bond acceptors (Lipinski definition) is 1. The number of aromatic nitrogens is 1. The van der Waals surface area contributed by atoms with Crippen LogP contribution in [-0.4, -0.2) is 22.3 Å². The standard InChI is InChI=1S/C21H28N2O.ClH/c1-4-8-15-13-14(2)20(24)23-12-7-10-17-16-9-5-6-11-18(16)22-19(17)21(15,23)3;/h5-6,9,11,14-15,22H,4,7-8,10,12-13H2,1-3H3;1H/t14?,15?,21-;/m1./s1. The maximum Gasteiger partial charge on any atom is 0.226 e. The van der Waals surface area contributed by atoms with Crippen LogP contribution in [0.25, 0.3) is 10.9 Å². The first-order valence-corrected chi connectivity index (χ1v) is 9.49. The van der Waals surface area contributed by atoms with Gasteiger partial charge in [-0.05, 0) is 50.2 Å². The number of para-hydroxylation sites is 1. The Kier molecular flexibility index (Phi) is 4.89. The summed E-state index contributed by atoms with van der Waals surface area (Å²) in [4.78, 5) is 18.9. The second-order valence-corrected chi connectivity index (χ2v) is 7.89. The molecule has 4 rings (SSSR count). The number of nitrogens with zero attached hydrogens (tertiary/aromatic N) is 1. The first-order chi connectivity index (χ1) is 11.6. The average Bonchev–Trinajstić information content (AvgIpc) is 2.88. The van der Waals surface area contributed by atoms with E-state index < -0.39 is 0 Å². The Morgan fingerprint density at radius 3 is 2.84 bits per heavy atom. The molecule has 0 bridgehead atoms. The number of carbonyl (C=O) groups excluding carboxylic acids is 1. The first kappa shape index (κ1) is 18.3. The molecule has 3 atom stereocenters. The molecule has 0 spiro atoms. The summed E-state index contributed by atoms with van der Waals surface area (Å²) in [6, 6.07) is 8.61. The number of aryl methyl sites for hydroxylation is 1. The minimum Gasteiger partial charge on any atom is -0.356 e. The van der Waals surface area contributed by atoms with Crippen LogP contribution in [0.4, 0.5) is 0 Å². The van der Waals surface area contributed by atoms with E-state index in [1.165, 1.54) is 35.0 Å². The van der Waals surface area contributed by atoms with Gasteiger partial charge in [-0.2, -0.15) is 0 Å². The van der Waals surface area contributed by atoms with Crippen molar-refractivity contribution in [3.63, 3.8) is 0 Å². The van der Waals surface area contributed by atoms with Gasteiger partial charge in [0, 0.05) is 29.1 Å². The van der Waals surface area contributed by atoms with E-state index in [0.717, 1.165) is 25.8 Å². The molecule has 1 amide bonds. The summed E-state index contributed by atoms with van der Waals surface area (Å²) in [6.45, 7) is 7.58. The SMILES string of the molecule is CCCC1CC(C)C(=O)N2CCCc3c([nH]c4ccccc34)[C@@]12C.Cl. The Morgan fingerprint density at radius 1 is 1.32 bits per heavy atom. The van der Waals surface area contributed by atoms with Gasteiger partial charge in [-0.3, -0.25) is 4.79 Å². The van der Waals surface area contributed by atoms with Gasteiger partial charge in [0.2, 0.25) is 5.91 Å². The Bertz CT molecular complexity index is 783. The number of nitrogens with one attached hydrogen (secondary N) is 1. The van der Waals surface area contributed by atoms with E-state index in [1.54, 1.807) is 0 Å². The number of fused-ring (bicyclic) bond motifs is 5. The summed E-state index contributed by atoms with van der Waals surface area (Å²) in [5, 5.41) is 1.34. The summed E-state index contributed by atoms with van der Waals surface area (Å²) < 4.78 is 0. The van der Waals surface area contributed by atoms with Crippen molar-refractivity contribution >= 4 is 29.2 Å². The van der Waals surface area contributed by atoms with Gasteiger partial charge in [0.15, 0.2) is 0 Å². The van der Waals surface area contributed by atoms with Gasteiger partial charge in [-0.15, -0.1) is 12.4 Å². The van der Waals surface area contributed by atoms with E-state index in [-0.39, 0.29) is 23.9 Å². The third-order valence-corrected chi connectivity index (χ3v) is 6.45. The van der Waals surface area contributed by atoms with Crippen LogP contribution in [0.1, 0.15) is 57.7 Å². The quantitative estimate of drug-likeness (QED) is 0.800. The Morgan fingerprint density at radius 2 is 2.08 bits per heavy atom. The van der Waals surface area contributed by atoms with Gasteiger partial charge < -0.3 is 9.88 Å². The molecule has 2 aliphatic rings. The molecule has 0 radical (unpaired) electrons. The van der Waals surface area contributed by atoms with Crippen molar-refractivity contribution in [1.29, 1.82) is 0 Å². The normalized spacial score (nSPS) is 28.9. The number of rotatable bonds is 2. The van der Waals surface area contributed by atoms with Crippen molar-refractivity contribution in [1.82, 2.24) is 9.88 Å². The third kappa shape index (κ3) is 2.59. The summed E-state index contributed by atoms with van der Waals surface area (Å²) >= 11 is 0. The predicted octanol–water partition coefficient (Wildman–Crippen LogP) is 5.04. The van der Waals surface area contributed by atoms with Gasteiger partial charge in [-0.1, -0.05) is 38.5 Å². The number of hydrogen-bond donors (Lipinski definition) is 1. The second-order valence-electron chi connectivity index (χ2n) is 7.89. The van der Waals surface area contributed by atoms with Crippen molar-refractivity contribution in [3.05, 3.63) is 35.5 Å². The van der Waals surface area contributed by atoms with E-state index in [2.05, 4.69) is 54.9 Å². The summed E-state index contributed by atoms with van der Waals surface area (Å²) in [5.74, 6) is 1.03.